The van der Waals surface area contributed by atoms with Gasteiger partial charge < -0.3 is 10.2 Å². The van der Waals surface area contributed by atoms with Gasteiger partial charge in [-0.1, -0.05) is 70.8 Å². The molecule has 3 rings (SSSR count). The van der Waals surface area contributed by atoms with Gasteiger partial charge in [0.1, 0.15) is 0 Å². The topological polar surface area (TPSA) is 40.5 Å². The Balaban J connectivity index is 1.68. The summed E-state index contributed by atoms with van der Waals surface area (Å²) in [6.07, 6.45) is 15.3. The zero-order chi connectivity index (χ0) is 21.2. The maximum Gasteiger partial charge on any atom is 0.0602 e. The number of allylic oxidation sites excluding steroid dienone is 3. The third-order valence-electron chi connectivity index (χ3n) is 9.01. The van der Waals surface area contributed by atoms with Crippen LogP contribution in [0.25, 0.3) is 0 Å². The largest absolute Gasteiger partial charge is 0.393 e. The monoisotopic (exact) mass is 402 g/mol. The van der Waals surface area contributed by atoms with E-state index in [1.54, 1.807) is 5.57 Å². The van der Waals surface area contributed by atoms with E-state index < -0.39 is 0 Å². The normalized spacial score (nSPS) is 38.9. The van der Waals surface area contributed by atoms with Crippen molar-refractivity contribution in [3.05, 3.63) is 23.3 Å². The predicted octanol–water partition coefficient (Wildman–Crippen LogP) is 6.67. The van der Waals surface area contributed by atoms with Crippen molar-refractivity contribution in [3.8, 4) is 0 Å². The SMILES string of the molecule is CC(C)[C@@H](C)CC[C@@H](C)[C@H]1CC[C@H]2C(=CC=C3C[C@@H](O)C[C@H](O)C3)CCC[C@]12C. The maximum atomic E-state index is 9.98. The van der Waals surface area contributed by atoms with E-state index in [9.17, 15) is 10.2 Å². The third-order valence-corrected chi connectivity index (χ3v) is 9.01. The second-order valence-electron chi connectivity index (χ2n) is 11.4. The Kier molecular flexibility index (Phi) is 7.71. The highest BCUT2D eigenvalue weighted by Gasteiger charge is 2.50. The van der Waals surface area contributed by atoms with E-state index in [4.69, 9.17) is 0 Å². The molecule has 166 valence electrons. The van der Waals surface area contributed by atoms with Crippen LogP contribution in [0.1, 0.15) is 98.8 Å². The van der Waals surface area contributed by atoms with Gasteiger partial charge in [-0.05, 0) is 86.4 Å². The van der Waals surface area contributed by atoms with Crippen LogP contribution in [0.4, 0.5) is 0 Å². The molecule has 0 radical (unpaired) electrons. The van der Waals surface area contributed by atoms with Crippen LogP contribution in [-0.4, -0.2) is 22.4 Å². The van der Waals surface area contributed by atoms with Crippen molar-refractivity contribution in [1.29, 1.82) is 0 Å². The van der Waals surface area contributed by atoms with E-state index in [2.05, 4.69) is 46.8 Å². The average molecular weight is 403 g/mol. The standard InChI is InChI=1S/C27H46O2/c1-18(2)19(3)8-9-20(4)25-12-13-26-22(7-6-14-27(25,26)5)11-10-21-15-23(28)17-24(29)16-21/h10-11,18-20,23-26,28-29H,6-9,12-17H2,1-5H3/t19-,20+,23+,24+,25+,26-,27+/m0/s1. The molecule has 3 aliphatic rings. The van der Waals surface area contributed by atoms with Gasteiger partial charge in [0.05, 0.1) is 12.2 Å². The van der Waals surface area contributed by atoms with Crippen LogP contribution < -0.4 is 0 Å². The average Bonchev–Trinajstić information content (AvgIpc) is 3.00. The molecule has 3 saturated carbocycles. The van der Waals surface area contributed by atoms with Gasteiger partial charge in [0.15, 0.2) is 0 Å². The van der Waals surface area contributed by atoms with E-state index >= 15 is 0 Å². The van der Waals surface area contributed by atoms with Crippen LogP contribution in [0, 0.1) is 35.0 Å². The Hall–Kier alpha value is -0.600. The lowest BCUT2D eigenvalue weighted by atomic mass is 9.60. The van der Waals surface area contributed by atoms with Crippen molar-refractivity contribution in [1.82, 2.24) is 0 Å². The summed E-state index contributed by atoms with van der Waals surface area (Å²) in [6, 6.07) is 0. The van der Waals surface area contributed by atoms with Gasteiger partial charge in [0.25, 0.3) is 0 Å². The van der Waals surface area contributed by atoms with Gasteiger partial charge in [-0.25, -0.2) is 0 Å². The maximum absolute atomic E-state index is 9.98. The molecule has 3 fully saturated rings. The quantitative estimate of drug-likeness (QED) is 0.521. The Bertz CT molecular complexity index is 592. The lowest BCUT2D eigenvalue weighted by molar-refractivity contribution is 0.0609. The molecule has 29 heavy (non-hydrogen) atoms. The molecule has 3 aliphatic carbocycles. The first-order valence-corrected chi connectivity index (χ1v) is 12.4. The first-order valence-electron chi connectivity index (χ1n) is 12.4. The first kappa shape index (κ1) is 23.1. The highest BCUT2D eigenvalue weighted by atomic mass is 16.3. The summed E-state index contributed by atoms with van der Waals surface area (Å²) in [5.41, 5.74) is 3.34. The lowest BCUT2D eigenvalue weighted by Gasteiger charge is -2.44. The zero-order valence-electron chi connectivity index (χ0n) is 19.7. The van der Waals surface area contributed by atoms with Crippen molar-refractivity contribution in [2.45, 2.75) is 111 Å². The lowest BCUT2D eigenvalue weighted by Crippen LogP contribution is -2.36. The summed E-state index contributed by atoms with van der Waals surface area (Å²) in [5.74, 6) is 4.05. The van der Waals surface area contributed by atoms with Gasteiger partial charge in [-0.3, -0.25) is 0 Å². The van der Waals surface area contributed by atoms with Gasteiger partial charge >= 0.3 is 0 Å². The fraction of sp³-hybridized carbons (Fsp3) is 0.852. The van der Waals surface area contributed by atoms with Crippen LogP contribution in [0.2, 0.25) is 0 Å². The molecule has 0 aromatic rings. The number of aliphatic hydroxyl groups is 2. The molecule has 0 bridgehead atoms. The van der Waals surface area contributed by atoms with E-state index in [0.717, 1.165) is 42.4 Å². The van der Waals surface area contributed by atoms with Crippen LogP contribution in [0.3, 0.4) is 0 Å². The summed E-state index contributed by atoms with van der Waals surface area (Å²) in [6.45, 7) is 12.3. The minimum Gasteiger partial charge on any atom is -0.393 e. The van der Waals surface area contributed by atoms with Crippen LogP contribution in [0.5, 0.6) is 0 Å². The Labute approximate surface area is 179 Å². The van der Waals surface area contributed by atoms with E-state index in [-0.39, 0.29) is 12.2 Å². The molecule has 0 aliphatic heterocycles. The van der Waals surface area contributed by atoms with Gasteiger partial charge in [0.2, 0.25) is 0 Å². The van der Waals surface area contributed by atoms with Crippen molar-refractivity contribution in [2.24, 2.45) is 35.0 Å². The van der Waals surface area contributed by atoms with Crippen molar-refractivity contribution in [3.63, 3.8) is 0 Å². The molecule has 0 aromatic carbocycles. The summed E-state index contributed by atoms with van der Waals surface area (Å²) in [7, 11) is 0. The minimum atomic E-state index is -0.370. The molecular weight excluding hydrogens is 356 g/mol. The summed E-state index contributed by atoms with van der Waals surface area (Å²) in [5, 5.41) is 20.0. The fourth-order valence-electron chi connectivity index (χ4n) is 6.80. The van der Waals surface area contributed by atoms with E-state index in [0.29, 0.717) is 11.8 Å². The summed E-state index contributed by atoms with van der Waals surface area (Å²) >= 11 is 0. The molecular formula is C27H46O2. The molecule has 0 aromatic heterocycles. The molecule has 2 N–H and O–H groups in total. The van der Waals surface area contributed by atoms with E-state index in [1.807, 2.05) is 0 Å². The van der Waals surface area contributed by atoms with Crippen molar-refractivity contribution < 1.29 is 10.2 Å². The van der Waals surface area contributed by atoms with Crippen LogP contribution in [0.15, 0.2) is 23.3 Å². The Morgan fingerprint density at radius 1 is 1.00 bits per heavy atom. The second-order valence-corrected chi connectivity index (χ2v) is 11.4. The number of fused-ring (bicyclic) bond motifs is 1. The van der Waals surface area contributed by atoms with Gasteiger partial charge in [0, 0.05) is 0 Å². The first-order chi connectivity index (χ1) is 13.7. The molecule has 0 amide bonds. The molecule has 2 nitrogen and oxygen atoms in total. The number of hydrogen-bond donors (Lipinski definition) is 2. The Morgan fingerprint density at radius 3 is 2.34 bits per heavy atom. The number of hydrogen-bond acceptors (Lipinski definition) is 2. The number of aliphatic hydroxyl groups excluding tert-OH is 2. The predicted molar refractivity (Wildman–Crippen MR) is 123 cm³/mol. The molecule has 0 saturated heterocycles. The van der Waals surface area contributed by atoms with Crippen molar-refractivity contribution >= 4 is 0 Å². The molecule has 0 spiro atoms. The van der Waals surface area contributed by atoms with Crippen LogP contribution >= 0.6 is 0 Å². The molecule has 0 unspecified atom stereocenters. The van der Waals surface area contributed by atoms with Gasteiger partial charge in [-0.15, -0.1) is 0 Å². The third kappa shape index (κ3) is 5.37. The molecule has 7 atom stereocenters. The molecule has 2 heteroatoms. The van der Waals surface area contributed by atoms with Crippen molar-refractivity contribution in [2.75, 3.05) is 0 Å². The van der Waals surface area contributed by atoms with E-state index in [1.165, 1.54) is 50.5 Å². The molecule has 0 heterocycles. The number of rotatable bonds is 6. The van der Waals surface area contributed by atoms with Crippen LogP contribution in [-0.2, 0) is 0 Å². The summed E-state index contributed by atoms with van der Waals surface area (Å²) < 4.78 is 0. The highest BCUT2D eigenvalue weighted by molar-refractivity contribution is 5.26. The fourth-order valence-corrected chi connectivity index (χ4v) is 6.80. The highest BCUT2D eigenvalue weighted by Crippen LogP contribution is 2.60. The summed E-state index contributed by atoms with van der Waals surface area (Å²) in [4.78, 5) is 0. The zero-order valence-corrected chi connectivity index (χ0v) is 19.7. The van der Waals surface area contributed by atoms with Gasteiger partial charge in [-0.2, -0.15) is 0 Å². The smallest absolute Gasteiger partial charge is 0.0602 e. The second kappa shape index (κ2) is 9.69. The minimum absolute atomic E-state index is 0.370. The Morgan fingerprint density at radius 2 is 1.69 bits per heavy atom.